The molecule has 1 aromatic rings. The molecule has 1 unspecified atom stereocenters. The Labute approximate surface area is 118 Å². The van der Waals surface area contributed by atoms with Crippen LogP contribution in [0.4, 0.5) is 0 Å². The Morgan fingerprint density at radius 2 is 1.68 bits per heavy atom. The summed E-state index contributed by atoms with van der Waals surface area (Å²) in [7, 11) is 1.73. The maximum Gasteiger partial charge on any atom is 0.119 e. The number of methoxy groups -OCH3 is 1. The molecule has 0 aliphatic carbocycles. The van der Waals surface area contributed by atoms with Gasteiger partial charge in [0.05, 0.1) is 13.2 Å². The van der Waals surface area contributed by atoms with E-state index >= 15 is 0 Å². The highest BCUT2D eigenvalue weighted by molar-refractivity contribution is 5.27. The van der Waals surface area contributed by atoms with E-state index in [-0.39, 0.29) is 0 Å². The van der Waals surface area contributed by atoms with Gasteiger partial charge in [0.2, 0.25) is 0 Å². The van der Waals surface area contributed by atoms with Crippen molar-refractivity contribution in [1.82, 2.24) is 0 Å². The summed E-state index contributed by atoms with van der Waals surface area (Å²) in [6.45, 7) is 8.38. The highest BCUT2D eigenvalue weighted by Crippen LogP contribution is 2.16. The van der Waals surface area contributed by atoms with Crippen LogP contribution >= 0.6 is 0 Å². The first-order valence-corrected chi connectivity index (χ1v) is 7.32. The maximum atomic E-state index is 5.83. The highest BCUT2D eigenvalue weighted by Gasteiger charge is 2.05. The lowest BCUT2D eigenvalue weighted by molar-refractivity contribution is 0.202. The number of hydrogen-bond donors (Lipinski definition) is 0. The van der Waals surface area contributed by atoms with Crippen LogP contribution in [0.2, 0.25) is 0 Å². The van der Waals surface area contributed by atoms with Crippen molar-refractivity contribution in [2.75, 3.05) is 20.3 Å². The molecule has 1 aromatic carbocycles. The average Bonchev–Trinajstić information content (AvgIpc) is 2.41. The van der Waals surface area contributed by atoms with Gasteiger partial charge in [-0.05, 0) is 42.4 Å². The van der Waals surface area contributed by atoms with Crippen molar-refractivity contribution in [1.29, 1.82) is 0 Å². The van der Waals surface area contributed by atoms with Gasteiger partial charge in [-0.25, -0.2) is 0 Å². The molecular weight excluding hydrogens is 236 g/mol. The van der Waals surface area contributed by atoms with Crippen LogP contribution in [0.3, 0.4) is 0 Å². The summed E-state index contributed by atoms with van der Waals surface area (Å²) in [4.78, 5) is 0. The van der Waals surface area contributed by atoms with Crippen molar-refractivity contribution in [3.05, 3.63) is 29.8 Å². The van der Waals surface area contributed by atoms with E-state index in [4.69, 9.17) is 9.47 Å². The molecule has 1 atom stereocenters. The van der Waals surface area contributed by atoms with Crippen LogP contribution in [0, 0.1) is 11.8 Å². The molecule has 0 radical (unpaired) electrons. The Kier molecular flexibility index (Phi) is 7.57. The van der Waals surface area contributed by atoms with Crippen LogP contribution < -0.4 is 4.74 Å². The van der Waals surface area contributed by atoms with Gasteiger partial charge in [0.1, 0.15) is 5.75 Å². The van der Waals surface area contributed by atoms with E-state index < -0.39 is 0 Å². The Morgan fingerprint density at radius 1 is 1.00 bits per heavy atom. The molecule has 0 saturated heterocycles. The Balaban J connectivity index is 2.29. The minimum atomic E-state index is 0.621. The summed E-state index contributed by atoms with van der Waals surface area (Å²) >= 11 is 0. The lowest BCUT2D eigenvalue weighted by atomic mass is 10.0. The largest absolute Gasteiger partial charge is 0.493 e. The number of ether oxygens (including phenoxy) is 2. The lowest BCUT2D eigenvalue weighted by Crippen LogP contribution is -2.09. The van der Waals surface area contributed by atoms with Gasteiger partial charge < -0.3 is 9.47 Å². The van der Waals surface area contributed by atoms with Crippen molar-refractivity contribution >= 4 is 0 Å². The molecule has 0 saturated carbocycles. The molecule has 0 aromatic heterocycles. The van der Waals surface area contributed by atoms with Crippen molar-refractivity contribution in [2.45, 2.75) is 40.0 Å². The zero-order valence-corrected chi connectivity index (χ0v) is 12.8. The van der Waals surface area contributed by atoms with Gasteiger partial charge in [-0.2, -0.15) is 0 Å². The van der Waals surface area contributed by atoms with Crippen LogP contribution in [0.25, 0.3) is 0 Å². The van der Waals surface area contributed by atoms with E-state index in [9.17, 15) is 0 Å². The van der Waals surface area contributed by atoms with Gasteiger partial charge in [0.25, 0.3) is 0 Å². The smallest absolute Gasteiger partial charge is 0.119 e. The van der Waals surface area contributed by atoms with Crippen molar-refractivity contribution in [2.24, 2.45) is 11.8 Å². The molecular formula is C17H28O2. The van der Waals surface area contributed by atoms with Crippen LogP contribution in [-0.4, -0.2) is 20.3 Å². The van der Waals surface area contributed by atoms with Crippen LogP contribution in [-0.2, 0) is 11.2 Å². The van der Waals surface area contributed by atoms with Gasteiger partial charge in [-0.1, -0.05) is 39.3 Å². The first kappa shape index (κ1) is 16.0. The monoisotopic (exact) mass is 264 g/mol. The van der Waals surface area contributed by atoms with Gasteiger partial charge in [-0.15, -0.1) is 0 Å². The van der Waals surface area contributed by atoms with E-state index in [2.05, 4.69) is 45.0 Å². The first-order valence-electron chi connectivity index (χ1n) is 7.32. The second kappa shape index (κ2) is 8.98. The SMILES string of the molecule is COCCc1ccc(OCC(C)CCC(C)C)cc1. The fourth-order valence-electron chi connectivity index (χ4n) is 1.91. The third kappa shape index (κ3) is 7.22. The summed E-state index contributed by atoms with van der Waals surface area (Å²) in [5, 5.41) is 0. The molecule has 2 nitrogen and oxygen atoms in total. The summed E-state index contributed by atoms with van der Waals surface area (Å²) in [6, 6.07) is 8.35. The summed E-state index contributed by atoms with van der Waals surface area (Å²) in [5.41, 5.74) is 1.29. The van der Waals surface area contributed by atoms with Gasteiger partial charge in [-0.3, -0.25) is 0 Å². The van der Waals surface area contributed by atoms with Crippen LogP contribution in [0.5, 0.6) is 5.75 Å². The molecule has 1 rings (SSSR count). The molecule has 2 heteroatoms. The standard InChI is InChI=1S/C17H28O2/c1-14(2)5-6-15(3)13-19-17-9-7-16(8-10-17)11-12-18-4/h7-10,14-15H,5-6,11-13H2,1-4H3. The normalized spacial score (nSPS) is 12.7. The zero-order valence-electron chi connectivity index (χ0n) is 12.8. The summed E-state index contributed by atoms with van der Waals surface area (Å²) in [5.74, 6) is 2.37. The minimum Gasteiger partial charge on any atom is -0.493 e. The van der Waals surface area contributed by atoms with Crippen molar-refractivity contribution in [3.63, 3.8) is 0 Å². The summed E-state index contributed by atoms with van der Waals surface area (Å²) < 4.78 is 10.9. The predicted molar refractivity (Wildman–Crippen MR) is 80.8 cm³/mol. The molecule has 19 heavy (non-hydrogen) atoms. The Bertz CT molecular complexity index is 330. The quantitative estimate of drug-likeness (QED) is 0.661. The summed E-state index contributed by atoms with van der Waals surface area (Å²) in [6.07, 6.45) is 3.48. The van der Waals surface area contributed by atoms with E-state index in [0.717, 1.165) is 31.3 Å². The molecule has 0 N–H and O–H groups in total. The molecule has 0 aliphatic rings. The van der Waals surface area contributed by atoms with E-state index in [1.165, 1.54) is 18.4 Å². The number of hydrogen-bond acceptors (Lipinski definition) is 2. The lowest BCUT2D eigenvalue weighted by Gasteiger charge is -2.14. The third-order valence-corrected chi connectivity index (χ3v) is 3.29. The molecule has 0 fully saturated rings. The van der Waals surface area contributed by atoms with E-state index in [0.29, 0.717) is 5.92 Å². The molecule has 0 aliphatic heterocycles. The molecule has 0 spiro atoms. The van der Waals surface area contributed by atoms with E-state index in [1.54, 1.807) is 7.11 Å². The van der Waals surface area contributed by atoms with Gasteiger partial charge in [0.15, 0.2) is 0 Å². The second-order valence-electron chi connectivity index (χ2n) is 5.77. The van der Waals surface area contributed by atoms with Gasteiger partial charge >= 0.3 is 0 Å². The zero-order chi connectivity index (χ0) is 14.1. The van der Waals surface area contributed by atoms with Gasteiger partial charge in [0, 0.05) is 7.11 Å². The van der Waals surface area contributed by atoms with Crippen molar-refractivity contribution in [3.8, 4) is 5.75 Å². The first-order chi connectivity index (χ1) is 9.11. The fourth-order valence-corrected chi connectivity index (χ4v) is 1.91. The van der Waals surface area contributed by atoms with Crippen molar-refractivity contribution < 1.29 is 9.47 Å². The second-order valence-corrected chi connectivity index (χ2v) is 5.77. The van der Waals surface area contributed by atoms with Crippen LogP contribution in [0.1, 0.15) is 39.2 Å². The molecule has 0 bridgehead atoms. The Hall–Kier alpha value is -1.02. The fraction of sp³-hybridized carbons (Fsp3) is 0.647. The molecule has 0 heterocycles. The third-order valence-electron chi connectivity index (χ3n) is 3.29. The van der Waals surface area contributed by atoms with Crippen LogP contribution in [0.15, 0.2) is 24.3 Å². The maximum absolute atomic E-state index is 5.83. The topological polar surface area (TPSA) is 18.5 Å². The Morgan fingerprint density at radius 3 is 2.26 bits per heavy atom. The molecule has 108 valence electrons. The predicted octanol–water partition coefficient (Wildman–Crippen LogP) is 4.33. The highest BCUT2D eigenvalue weighted by atomic mass is 16.5. The minimum absolute atomic E-state index is 0.621. The molecule has 0 amide bonds. The van der Waals surface area contributed by atoms with E-state index in [1.807, 2.05) is 0 Å². The number of benzene rings is 1. The number of rotatable bonds is 9. The average molecular weight is 264 g/mol.